The van der Waals surface area contributed by atoms with Gasteiger partial charge in [-0.3, -0.25) is 4.79 Å². The standard InChI is InChI=1S/C17H21F3N2OS/c1-4-14-10-22(16(24-14)21-15(23)8-11(2)3)13-7-5-6-12(9-13)17(18,19)20/h5-7,9,11,14H,4,8,10H2,1-3H3. The molecule has 2 rings (SSSR count). The highest BCUT2D eigenvalue weighted by Gasteiger charge is 2.33. The van der Waals surface area contributed by atoms with Crippen LogP contribution in [-0.4, -0.2) is 22.9 Å². The van der Waals surface area contributed by atoms with Crippen LogP contribution in [-0.2, 0) is 11.0 Å². The van der Waals surface area contributed by atoms with Crippen molar-refractivity contribution in [1.82, 2.24) is 0 Å². The maximum atomic E-state index is 12.9. The van der Waals surface area contributed by atoms with Gasteiger partial charge in [0.15, 0.2) is 5.17 Å². The monoisotopic (exact) mass is 358 g/mol. The van der Waals surface area contributed by atoms with Crippen molar-refractivity contribution in [3.05, 3.63) is 29.8 Å². The summed E-state index contributed by atoms with van der Waals surface area (Å²) < 4.78 is 38.8. The first-order valence-electron chi connectivity index (χ1n) is 7.93. The largest absolute Gasteiger partial charge is 0.416 e. The van der Waals surface area contributed by atoms with E-state index in [4.69, 9.17) is 0 Å². The summed E-state index contributed by atoms with van der Waals surface area (Å²) in [5, 5.41) is 0.706. The summed E-state index contributed by atoms with van der Waals surface area (Å²) in [6.45, 7) is 6.43. The maximum absolute atomic E-state index is 12.9. The molecule has 1 atom stereocenters. The number of anilines is 1. The predicted molar refractivity (Wildman–Crippen MR) is 92.4 cm³/mol. The third-order valence-corrected chi connectivity index (χ3v) is 4.97. The van der Waals surface area contributed by atoms with E-state index in [1.807, 2.05) is 20.8 Å². The molecule has 0 bridgehead atoms. The van der Waals surface area contributed by atoms with Gasteiger partial charge < -0.3 is 4.90 Å². The quantitative estimate of drug-likeness (QED) is 0.762. The van der Waals surface area contributed by atoms with Crippen molar-refractivity contribution in [3.8, 4) is 0 Å². The number of rotatable bonds is 4. The van der Waals surface area contributed by atoms with Crippen LogP contribution >= 0.6 is 11.8 Å². The summed E-state index contributed by atoms with van der Waals surface area (Å²) in [6, 6.07) is 5.16. The van der Waals surface area contributed by atoms with Gasteiger partial charge in [-0.15, -0.1) is 0 Å². The molecule has 0 spiro atoms. The Labute approximate surface area is 144 Å². The lowest BCUT2D eigenvalue weighted by atomic mass is 10.1. The Kier molecular flexibility index (Phi) is 5.96. The summed E-state index contributed by atoms with van der Waals surface area (Å²) in [7, 11) is 0. The first-order chi connectivity index (χ1) is 11.2. The molecule has 0 N–H and O–H groups in total. The lowest BCUT2D eigenvalue weighted by molar-refractivity contribution is -0.137. The van der Waals surface area contributed by atoms with Gasteiger partial charge in [0.05, 0.1) is 5.56 Å². The Bertz CT molecular complexity index is 629. The summed E-state index contributed by atoms with van der Waals surface area (Å²) in [6.07, 6.45) is -3.20. The van der Waals surface area contributed by atoms with Gasteiger partial charge in [-0.1, -0.05) is 38.6 Å². The summed E-state index contributed by atoms with van der Waals surface area (Å²) in [4.78, 5) is 17.9. The molecule has 0 aromatic heterocycles. The van der Waals surface area contributed by atoms with E-state index in [1.165, 1.54) is 17.8 Å². The number of benzene rings is 1. The molecule has 1 aliphatic heterocycles. The van der Waals surface area contributed by atoms with Crippen molar-refractivity contribution < 1.29 is 18.0 Å². The molecule has 0 aliphatic carbocycles. The molecule has 132 valence electrons. The molecule has 1 aliphatic rings. The number of carbonyl (C=O) groups is 1. The molecule has 24 heavy (non-hydrogen) atoms. The number of thioether (sulfide) groups is 1. The van der Waals surface area contributed by atoms with E-state index in [9.17, 15) is 18.0 Å². The van der Waals surface area contributed by atoms with Crippen LogP contribution in [0.4, 0.5) is 18.9 Å². The summed E-state index contributed by atoms with van der Waals surface area (Å²) in [5.41, 5.74) is -0.276. The van der Waals surface area contributed by atoms with E-state index >= 15 is 0 Å². The lowest BCUT2D eigenvalue weighted by Crippen LogP contribution is -2.26. The van der Waals surface area contributed by atoms with Crippen molar-refractivity contribution in [2.75, 3.05) is 11.4 Å². The van der Waals surface area contributed by atoms with Gasteiger partial charge in [0.2, 0.25) is 5.91 Å². The number of amides is 1. The number of alkyl halides is 3. The molecule has 3 nitrogen and oxygen atoms in total. The van der Waals surface area contributed by atoms with Crippen molar-refractivity contribution in [3.63, 3.8) is 0 Å². The molecule has 1 fully saturated rings. The number of nitrogens with zero attached hydrogens (tertiary/aromatic N) is 2. The Balaban J connectivity index is 2.32. The zero-order chi connectivity index (χ0) is 17.9. The number of hydrogen-bond acceptors (Lipinski definition) is 2. The third kappa shape index (κ3) is 4.75. The summed E-state index contributed by atoms with van der Waals surface area (Å²) in [5.74, 6) is -0.0431. The molecule has 1 heterocycles. The second-order valence-corrected chi connectivity index (χ2v) is 7.46. The van der Waals surface area contributed by atoms with Crippen LogP contribution in [0.5, 0.6) is 0 Å². The van der Waals surface area contributed by atoms with Crippen LogP contribution in [0, 0.1) is 5.92 Å². The lowest BCUT2D eigenvalue weighted by Gasteiger charge is -2.19. The van der Waals surface area contributed by atoms with E-state index < -0.39 is 11.7 Å². The fourth-order valence-corrected chi connectivity index (χ4v) is 3.55. The highest BCUT2D eigenvalue weighted by molar-refractivity contribution is 8.15. The second kappa shape index (κ2) is 7.59. The predicted octanol–water partition coefficient (Wildman–Crippen LogP) is 4.97. The molecule has 1 amide bonds. The van der Waals surface area contributed by atoms with E-state index in [1.54, 1.807) is 11.0 Å². The molecule has 1 aromatic rings. The molecule has 1 aromatic carbocycles. The Hall–Kier alpha value is -1.50. The van der Waals surface area contributed by atoms with E-state index in [0.717, 1.165) is 18.6 Å². The first-order valence-corrected chi connectivity index (χ1v) is 8.81. The summed E-state index contributed by atoms with van der Waals surface area (Å²) >= 11 is 1.46. The Morgan fingerprint density at radius 3 is 2.71 bits per heavy atom. The number of aliphatic imine (C=N–C) groups is 1. The van der Waals surface area contributed by atoms with E-state index in [-0.39, 0.29) is 17.1 Å². The van der Waals surface area contributed by atoms with Crippen LogP contribution in [0.25, 0.3) is 0 Å². The zero-order valence-electron chi connectivity index (χ0n) is 13.9. The number of halogens is 3. The van der Waals surface area contributed by atoms with Gasteiger partial charge in [-0.25, -0.2) is 0 Å². The average Bonchev–Trinajstić information content (AvgIpc) is 2.88. The fourth-order valence-electron chi connectivity index (χ4n) is 2.40. The van der Waals surface area contributed by atoms with Crippen LogP contribution in [0.1, 0.15) is 39.2 Å². The number of amidine groups is 1. The smallest absolute Gasteiger partial charge is 0.320 e. The van der Waals surface area contributed by atoms with Gasteiger partial charge in [-0.05, 0) is 30.5 Å². The minimum Gasteiger partial charge on any atom is -0.320 e. The molecule has 1 unspecified atom stereocenters. The molecule has 1 saturated heterocycles. The molecule has 0 saturated carbocycles. The maximum Gasteiger partial charge on any atom is 0.416 e. The number of carbonyl (C=O) groups excluding carboxylic acids is 1. The van der Waals surface area contributed by atoms with Crippen LogP contribution in [0.3, 0.4) is 0 Å². The second-order valence-electron chi connectivity index (χ2n) is 6.19. The molecular weight excluding hydrogens is 337 g/mol. The normalized spacial score (nSPS) is 20.2. The fraction of sp³-hybridized carbons (Fsp3) is 0.529. The highest BCUT2D eigenvalue weighted by Crippen LogP contribution is 2.36. The highest BCUT2D eigenvalue weighted by atomic mass is 32.2. The van der Waals surface area contributed by atoms with Crippen molar-refractivity contribution in [2.45, 2.75) is 45.0 Å². The van der Waals surface area contributed by atoms with Gasteiger partial charge in [0, 0.05) is 23.9 Å². The van der Waals surface area contributed by atoms with Gasteiger partial charge >= 0.3 is 6.18 Å². The molecule has 7 heteroatoms. The van der Waals surface area contributed by atoms with Gasteiger partial charge in [-0.2, -0.15) is 18.2 Å². The van der Waals surface area contributed by atoms with Gasteiger partial charge in [0.1, 0.15) is 0 Å². The first kappa shape index (κ1) is 18.8. The minimum absolute atomic E-state index is 0.192. The average molecular weight is 358 g/mol. The van der Waals surface area contributed by atoms with Crippen LogP contribution in [0.2, 0.25) is 0 Å². The van der Waals surface area contributed by atoms with Crippen LogP contribution in [0.15, 0.2) is 29.3 Å². The Morgan fingerprint density at radius 2 is 2.12 bits per heavy atom. The van der Waals surface area contributed by atoms with Gasteiger partial charge in [0.25, 0.3) is 0 Å². The SMILES string of the molecule is CCC1CN(c2cccc(C(F)(F)F)c2)C(=NC(=O)CC(C)C)S1. The minimum atomic E-state index is -4.39. The van der Waals surface area contributed by atoms with Crippen LogP contribution < -0.4 is 4.90 Å². The Morgan fingerprint density at radius 1 is 1.42 bits per heavy atom. The van der Waals surface area contributed by atoms with E-state index in [2.05, 4.69) is 4.99 Å². The van der Waals surface area contributed by atoms with Crippen molar-refractivity contribution in [1.29, 1.82) is 0 Å². The molecule has 0 radical (unpaired) electrons. The van der Waals surface area contributed by atoms with E-state index in [0.29, 0.717) is 23.8 Å². The topological polar surface area (TPSA) is 32.7 Å². The van der Waals surface area contributed by atoms with Crippen molar-refractivity contribution in [2.24, 2.45) is 10.9 Å². The number of hydrogen-bond donors (Lipinski definition) is 0. The van der Waals surface area contributed by atoms with Crippen molar-refractivity contribution >= 4 is 28.5 Å². The zero-order valence-corrected chi connectivity index (χ0v) is 14.7. The molecular formula is C17H21F3N2OS. The third-order valence-electron chi connectivity index (χ3n) is 3.63.